The molecule has 1 atom stereocenters. The number of hydrazone groups is 1. The molecule has 1 aromatic carbocycles. The first-order chi connectivity index (χ1) is 14.1. The van der Waals surface area contributed by atoms with Crippen LogP contribution in [0.25, 0.3) is 10.9 Å². The van der Waals surface area contributed by atoms with Crippen LogP contribution < -0.4 is 10.7 Å². The summed E-state index contributed by atoms with van der Waals surface area (Å²) >= 11 is 7.82. The maximum Gasteiger partial charge on any atom is 0.408 e. The van der Waals surface area contributed by atoms with Crippen LogP contribution in [0.5, 0.6) is 0 Å². The third kappa shape index (κ3) is 7.50. The Morgan fingerprint density at radius 1 is 1.33 bits per heavy atom. The average Bonchev–Trinajstić information content (AvgIpc) is 2.64. The van der Waals surface area contributed by atoms with Gasteiger partial charge >= 0.3 is 6.09 Å². The van der Waals surface area contributed by atoms with Crippen LogP contribution in [0.3, 0.4) is 0 Å². The zero-order valence-electron chi connectivity index (χ0n) is 17.8. The van der Waals surface area contributed by atoms with Crippen molar-refractivity contribution in [2.24, 2.45) is 5.10 Å². The molecule has 0 fully saturated rings. The molecular weight excluding hydrogens is 424 g/mol. The lowest BCUT2D eigenvalue weighted by atomic mass is 10.1. The minimum Gasteiger partial charge on any atom is -0.444 e. The lowest BCUT2D eigenvalue weighted by molar-refractivity contribution is -0.123. The summed E-state index contributed by atoms with van der Waals surface area (Å²) in [6, 6.07) is 6.97. The molecule has 30 heavy (non-hydrogen) atoms. The van der Waals surface area contributed by atoms with Crippen molar-refractivity contribution in [3.05, 3.63) is 40.5 Å². The van der Waals surface area contributed by atoms with Gasteiger partial charge in [-0.3, -0.25) is 4.79 Å². The van der Waals surface area contributed by atoms with E-state index in [1.165, 1.54) is 6.21 Å². The molecule has 0 unspecified atom stereocenters. The first kappa shape index (κ1) is 24.0. The van der Waals surface area contributed by atoms with Crippen LogP contribution >= 0.6 is 23.4 Å². The Bertz CT molecular complexity index is 944. The molecule has 0 radical (unpaired) electrons. The molecule has 0 aliphatic heterocycles. The van der Waals surface area contributed by atoms with Crippen LogP contribution in [0.2, 0.25) is 5.15 Å². The summed E-state index contributed by atoms with van der Waals surface area (Å²) in [6.45, 7) is 7.27. The van der Waals surface area contributed by atoms with E-state index in [1.807, 2.05) is 37.4 Å². The predicted octanol–water partition coefficient (Wildman–Crippen LogP) is 4.29. The van der Waals surface area contributed by atoms with Gasteiger partial charge in [0.05, 0.1) is 11.7 Å². The molecular formula is C21H27ClN4O3S. The molecule has 0 saturated heterocycles. The van der Waals surface area contributed by atoms with Crippen molar-refractivity contribution >= 4 is 52.5 Å². The lowest BCUT2D eigenvalue weighted by Gasteiger charge is -2.22. The van der Waals surface area contributed by atoms with E-state index in [4.69, 9.17) is 16.3 Å². The van der Waals surface area contributed by atoms with E-state index >= 15 is 0 Å². The van der Waals surface area contributed by atoms with E-state index in [-0.39, 0.29) is 5.15 Å². The number of ether oxygens (including phenoxy) is 1. The molecule has 1 heterocycles. The van der Waals surface area contributed by atoms with Gasteiger partial charge in [0, 0.05) is 10.9 Å². The number of amides is 2. The SMILES string of the molecule is CSCC[C@@H](NC(=O)OC(C)(C)C)C(=O)N/N=C/c1cc2ccc(C)cc2nc1Cl. The smallest absolute Gasteiger partial charge is 0.408 e. The van der Waals surface area contributed by atoms with Crippen LogP contribution in [0.1, 0.15) is 38.3 Å². The fourth-order valence-corrected chi connectivity index (χ4v) is 3.22. The molecule has 2 amide bonds. The van der Waals surface area contributed by atoms with Crippen molar-refractivity contribution in [2.75, 3.05) is 12.0 Å². The fraction of sp³-hybridized carbons (Fsp3) is 0.429. The average molecular weight is 451 g/mol. The van der Waals surface area contributed by atoms with Gasteiger partial charge < -0.3 is 10.1 Å². The van der Waals surface area contributed by atoms with Gasteiger partial charge in [0.1, 0.15) is 16.8 Å². The molecule has 1 aromatic heterocycles. The molecule has 0 saturated carbocycles. The molecule has 2 N–H and O–H groups in total. The van der Waals surface area contributed by atoms with E-state index < -0.39 is 23.6 Å². The monoisotopic (exact) mass is 450 g/mol. The Morgan fingerprint density at radius 3 is 2.73 bits per heavy atom. The normalized spacial score (nSPS) is 12.7. The first-order valence-corrected chi connectivity index (χ1v) is 11.2. The topological polar surface area (TPSA) is 92.7 Å². The number of nitrogens with one attached hydrogen (secondary N) is 2. The van der Waals surface area contributed by atoms with E-state index in [9.17, 15) is 9.59 Å². The van der Waals surface area contributed by atoms with Crippen LogP contribution in [0, 0.1) is 6.92 Å². The fourth-order valence-electron chi connectivity index (χ4n) is 2.56. The number of alkyl carbamates (subject to hydrolysis) is 1. The molecule has 2 rings (SSSR count). The summed E-state index contributed by atoms with van der Waals surface area (Å²) < 4.78 is 5.24. The second-order valence-corrected chi connectivity index (χ2v) is 9.12. The standard InChI is InChI=1S/C21H27ClN4O3S/c1-13-6-7-14-11-15(18(22)24-17(14)10-13)12-23-26-19(27)16(8-9-30-5)25-20(28)29-21(2,3)4/h6-7,10-12,16H,8-9H2,1-5H3,(H,25,28)(H,26,27)/b23-12+/t16-/m1/s1. The number of aromatic nitrogens is 1. The van der Waals surface area contributed by atoms with Crippen LogP contribution in [-0.4, -0.2) is 46.9 Å². The summed E-state index contributed by atoms with van der Waals surface area (Å²) in [5.41, 5.74) is 4.27. The zero-order chi connectivity index (χ0) is 22.3. The second kappa shape index (κ2) is 10.6. The maximum absolute atomic E-state index is 12.5. The van der Waals surface area contributed by atoms with Gasteiger partial charge in [-0.1, -0.05) is 23.7 Å². The highest BCUT2D eigenvalue weighted by Gasteiger charge is 2.24. The van der Waals surface area contributed by atoms with Crippen molar-refractivity contribution in [2.45, 2.75) is 45.8 Å². The number of fused-ring (bicyclic) bond motifs is 1. The third-order valence-corrected chi connectivity index (χ3v) is 4.90. The molecule has 0 aliphatic rings. The molecule has 9 heteroatoms. The number of carbonyl (C=O) groups excluding carboxylic acids is 2. The number of halogens is 1. The van der Waals surface area contributed by atoms with Gasteiger partial charge in [0.15, 0.2) is 0 Å². The highest BCUT2D eigenvalue weighted by atomic mass is 35.5. The number of rotatable bonds is 7. The highest BCUT2D eigenvalue weighted by molar-refractivity contribution is 7.98. The Labute approximate surface area is 186 Å². The minimum atomic E-state index is -0.766. The van der Waals surface area contributed by atoms with Crippen LogP contribution in [0.15, 0.2) is 29.4 Å². The van der Waals surface area contributed by atoms with Crippen molar-refractivity contribution < 1.29 is 14.3 Å². The number of hydrogen-bond donors (Lipinski definition) is 2. The zero-order valence-corrected chi connectivity index (χ0v) is 19.4. The minimum absolute atomic E-state index is 0.289. The number of carbonyl (C=O) groups is 2. The summed E-state index contributed by atoms with van der Waals surface area (Å²) in [5.74, 6) is 0.254. The molecule has 2 aromatic rings. The second-order valence-electron chi connectivity index (χ2n) is 7.78. The van der Waals surface area contributed by atoms with Crippen molar-refractivity contribution in [1.29, 1.82) is 0 Å². The molecule has 0 spiro atoms. The Kier molecular flexibility index (Phi) is 8.49. The van der Waals surface area contributed by atoms with Gasteiger partial charge in [0.2, 0.25) is 0 Å². The van der Waals surface area contributed by atoms with Gasteiger partial charge in [-0.2, -0.15) is 16.9 Å². The largest absolute Gasteiger partial charge is 0.444 e. The van der Waals surface area contributed by atoms with Gasteiger partial charge in [0.25, 0.3) is 5.91 Å². The van der Waals surface area contributed by atoms with Crippen LogP contribution in [-0.2, 0) is 9.53 Å². The molecule has 0 bridgehead atoms. The highest BCUT2D eigenvalue weighted by Crippen LogP contribution is 2.20. The number of benzene rings is 1. The predicted molar refractivity (Wildman–Crippen MR) is 123 cm³/mol. The molecule has 0 aliphatic carbocycles. The van der Waals surface area contributed by atoms with Crippen molar-refractivity contribution in [3.63, 3.8) is 0 Å². The number of nitrogens with zero attached hydrogens (tertiary/aromatic N) is 2. The third-order valence-electron chi connectivity index (χ3n) is 3.95. The van der Waals surface area contributed by atoms with Crippen LogP contribution in [0.4, 0.5) is 4.79 Å². The van der Waals surface area contributed by atoms with E-state index in [2.05, 4.69) is 20.8 Å². The van der Waals surface area contributed by atoms with E-state index in [0.29, 0.717) is 17.7 Å². The molecule has 162 valence electrons. The van der Waals surface area contributed by atoms with E-state index in [1.54, 1.807) is 32.5 Å². The Balaban J connectivity index is 2.07. The summed E-state index contributed by atoms with van der Waals surface area (Å²) in [7, 11) is 0. The number of pyridine rings is 1. The summed E-state index contributed by atoms with van der Waals surface area (Å²) in [6.07, 6.45) is 3.16. The van der Waals surface area contributed by atoms with Gasteiger partial charge in [-0.25, -0.2) is 15.2 Å². The summed E-state index contributed by atoms with van der Waals surface area (Å²) in [4.78, 5) is 28.9. The van der Waals surface area contributed by atoms with Gasteiger partial charge in [-0.15, -0.1) is 0 Å². The van der Waals surface area contributed by atoms with E-state index in [0.717, 1.165) is 16.5 Å². The molecule has 7 nitrogen and oxygen atoms in total. The number of aryl methyl sites for hydroxylation is 1. The quantitative estimate of drug-likeness (QED) is 0.373. The maximum atomic E-state index is 12.5. The number of thioether (sulfide) groups is 1. The number of hydrogen-bond acceptors (Lipinski definition) is 6. The first-order valence-electron chi connectivity index (χ1n) is 9.47. The van der Waals surface area contributed by atoms with Gasteiger partial charge in [-0.05, 0) is 63.8 Å². The Hall–Kier alpha value is -2.32. The Morgan fingerprint density at radius 2 is 2.07 bits per heavy atom. The van der Waals surface area contributed by atoms with Crippen molar-refractivity contribution in [1.82, 2.24) is 15.7 Å². The lowest BCUT2D eigenvalue weighted by Crippen LogP contribution is -2.47. The van der Waals surface area contributed by atoms with Crippen molar-refractivity contribution in [3.8, 4) is 0 Å². The summed E-state index contributed by atoms with van der Waals surface area (Å²) in [5, 5.41) is 7.80.